The van der Waals surface area contributed by atoms with Gasteiger partial charge in [-0.15, -0.1) is 0 Å². The number of benzene rings is 1. The average Bonchev–Trinajstić information content (AvgIpc) is 2.73. The SMILES string of the molecule is CCNC(=NCC(C)(C)c1ccc(CC)cc1)NCCCCN1CCN(C)CC1. The minimum atomic E-state index is 0.0239. The van der Waals surface area contributed by atoms with Gasteiger partial charge in [0.15, 0.2) is 5.96 Å². The standard InChI is InChI=1S/C24H43N5/c1-6-21-10-12-22(13-11-21)24(3,4)20-27-23(25-7-2)26-14-8-9-15-29-18-16-28(5)17-19-29/h10-13H,6-9,14-20H2,1-5H3,(H2,25,26,27). The van der Waals surface area contributed by atoms with Crippen LogP contribution in [0.3, 0.4) is 0 Å². The predicted octanol–water partition coefficient (Wildman–Crippen LogP) is 3.11. The number of aryl methyl sites for hydroxylation is 1. The van der Waals surface area contributed by atoms with Crippen LogP contribution >= 0.6 is 0 Å². The fraction of sp³-hybridized carbons (Fsp3) is 0.708. The topological polar surface area (TPSA) is 42.9 Å². The molecule has 5 heteroatoms. The Hall–Kier alpha value is -1.59. The number of nitrogens with one attached hydrogen (secondary N) is 2. The van der Waals surface area contributed by atoms with E-state index in [2.05, 4.69) is 79.4 Å². The van der Waals surface area contributed by atoms with Crippen molar-refractivity contribution in [2.24, 2.45) is 4.99 Å². The molecule has 0 aromatic heterocycles. The van der Waals surface area contributed by atoms with Gasteiger partial charge >= 0.3 is 0 Å². The van der Waals surface area contributed by atoms with E-state index in [0.717, 1.165) is 32.0 Å². The number of nitrogens with zero attached hydrogens (tertiary/aromatic N) is 3. The second-order valence-electron chi connectivity index (χ2n) is 8.91. The van der Waals surface area contributed by atoms with Gasteiger partial charge in [0.05, 0.1) is 6.54 Å². The van der Waals surface area contributed by atoms with E-state index in [9.17, 15) is 0 Å². The lowest BCUT2D eigenvalue weighted by Gasteiger charge is -2.32. The van der Waals surface area contributed by atoms with E-state index in [1.165, 1.54) is 56.7 Å². The number of rotatable bonds is 10. The zero-order valence-corrected chi connectivity index (χ0v) is 19.4. The fourth-order valence-corrected chi connectivity index (χ4v) is 3.64. The van der Waals surface area contributed by atoms with Gasteiger partial charge < -0.3 is 20.4 Å². The first-order chi connectivity index (χ1) is 13.9. The summed E-state index contributed by atoms with van der Waals surface area (Å²) in [5.41, 5.74) is 2.76. The highest BCUT2D eigenvalue weighted by molar-refractivity contribution is 5.79. The molecule has 0 unspecified atom stereocenters. The molecule has 0 aliphatic carbocycles. The molecule has 0 spiro atoms. The quantitative estimate of drug-likeness (QED) is 0.359. The molecular formula is C24H43N5. The number of aliphatic imine (C=N–C) groups is 1. The summed E-state index contributed by atoms with van der Waals surface area (Å²) < 4.78 is 0. The van der Waals surface area contributed by atoms with Crippen molar-refractivity contribution in [3.05, 3.63) is 35.4 Å². The molecule has 0 radical (unpaired) electrons. The number of piperazine rings is 1. The molecule has 2 N–H and O–H groups in total. The summed E-state index contributed by atoms with van der Waals surface area (Å²) in [6.07, 6.45) is 3.51. The van der Waals surface area contributed by atoms with Gasteiger partial charge in [-0.25, -0.2) is 0 Å². The Balaban J connectivity index is 1.76. The average molecular weight is 402 g/mol. The van der Waals surface area contributed by atoms with Crippen LogP contribution in [0.1, 0.15) is 51.7 Å². The Morgan fingerprint density at radius 3 is 2.31 bits per heavy atom. The number of unbranched alkanes of at least 4 members (excludes halogenated alkanes) is 1. The van der Waals surface area contributed by atoms with E-state index in [-0.39, 0.29) is 5.41 Å². The number of likely N-dealkylation sites (N-methyl/N-ethyl adjacent to an activating group) is 1. The Labute approximate surface area is 179 Å². The van der Waals surface area contributed by atoms with Gasteiger partial charge in [0, 0.05) is 44.7 Å². The van der Waals surface area contributed by atoms with Crippen molar-refractivity contribution in [3.63, 3.8) is 0 Å². The Kier molecular flexibility index (Phi) is 9.95. The van der Waals surface area contributed by atoms with Crippen molar-refractivity contribution in [1.82, 2.24) is 20.4 Å². The zero-order valence-electron chi connectivity index (χ0n) is 19.4. The third-order valence-electron chi connectivity index (χ3n) is 5.91. The highest BCUT2D eigenvalue weighted by Crippen LogP contribution is 2.24. The molecule has 0 saturated carbocycles. The molecule has 29 heavy (non-hydrogen) atoms. The minimum Gasteiger partial charge on any atom is -0.357 e. The molecule has 1 aromatic rings. The summed E-state index contributed by atoms with van der Waals surface area (Å²) in [7, 11) is 2.21. The van der Waals surface area contributed by atoms with Crippen LogP contribution in [0, 0.1) is 0 Å². The maximum atomic E-state index is 4.88. The molecular weight excluding hydrogens is 358 g/mol. The zero-order chi connectivity index (χ0) is 21.1. The smallest absolute Gasteiger partial charge is 0.191 e. The third kappa shape index (κ3) is 8.35. The molecule has 0 atom stereocenters. The number of hydrogen-bond donors (Lipinski definition) is 2. The molecule has 1 aliphatic heterocycles. The molecule has 1 saturated heterocycles. The number of guanidine groups is 1. The van der Waals surface area contributed by atoms with Crippen molar-refractivity contribution in [1.29, 1.82) is 0 Å². The van der Waals surface area contributed by atoms with E-state index in [4.69, 9.17) is 4.99 Å². The molecule has 1 aliphatic rings. The van der Waals surface area contributed by atoms with Crippen LogP contribution in [0.4, 0.5) is 0 Å². The Morgan fingerprint density at radius 1 is 1.00 bits per heavy atom. The van der Waals surface area contributed by atoms with Crippen LogP contribution in [-0.2, 0) is 11.8 Å². The minimum absolute atomic E-state index is 0.0239. The summed E-state index contributed by atoms with van der Waals surface area (Å²) >= 11 is 0. The summed E-state index contributed by atoms with van der Waals surface area (Å²) in [4.78, 5) is 9.88. The van der Waals surface area contributed by atoms with Crippen molar-refractivity contribution in [2.75, 3.05) is 59.4 Å². The first-order valence-electron chi connectivity index (χ1n) is 11.5. The second kappa shape index (κ2) is 12.2. The third-order valence-corrected chi connectivity index (χ3v) is 5.91. The summed E-state index contributed by atoms with van der Waals surface area (Å²) in [6, 6.07) is 9.00. The van der Waals surface area contributed by atoms with E-state index >= 15 is 0 Å². The van der Waals surface area contributed by atoms with Crippen LogP contribution in [0.25, 0.3) is 0 Å². The van der Waals surface area contributed by atoms with E-state index < -0.39 is 0 Å². The normalized spacial score (nSPS) is 16.8. The Bertz CT molecular complexity index is 600. The lowest BCUT2D eigenvalue weighted by atomic mass is 9.84. The van der Waals surface area contributed by atoms with Crippen molar-refractivity contribution < 1.29 is 0 Å². The summed E-state index contributed by atoms with van der Waals surface area (Å²) in [5.74, 6) is 0.936. The lowest BCUT2D eigenvalue weighted by Crippen LogP contribution is -2.44. The van der Waals surface area contributed by atoms with E-state index in [1.54, 1.807) is 0 Å². The first-order valence-corrected chi connectivity index (χ1v) is 11.5. The molecule has 2 rings (SSSR count). The van der Waals surface area contributed by atoms with E-state index in [0.29, 0.717) is 0 Å². The van der Waals surface area contributed by atoms with Gasteiger partial charge in [-0.3, -0.25) is 4.99 Å². The van der Waals surface area contributed by atoms with Crippen molar-refractivity contribution >= 4 is 5.96 Å². The van der Waals surface area contributed by atoms with Crippen molar-refractivity contribution in [2.45, 2.75) is 52.4 Å². The molecule has 1 aromatic carbocycles. The molecule has 1 fully saturated rings. The summed E-state index contributed by atoms with van der Waals surface area (Å²) in [5, 5.41) is 6.91. The van der Waals surface area contributed by atoms with Gasteiger partial charge in [0.25, 0.3) is 0 Å². The maximum absolute atomic E-state index is 4.88. The van der Waals surface area contributed by atoms with E-state index in [1.807, 2.05) is 0 Å². The van der Waals surface area contributed by atoms with Crippen LogP contribution in [0.2, 0.25) is 0 Å². The summed E-state index contributed by atoms with van der Waals surface area (Å²) in [6.45, 7) is 17.5. The van der Waals surface area contributed by atoms with Gasteiger partial charge in [-0.2, -0.15) is 0 Å². The number of hydrogen-bond acceptors (Lipinski definition) is 3. The molecule has 0 amide bonds. The fourth-order valence-electron chi connectivity index (χ4n) is 3.64. The predicted molar refractivity (Wildman–Crippen MR) is 126 cm³/mol. The van der Waals surface area contributed by atoms with Crippen LogP contribution < -0.4 is 10.6 Å². The maximum Gasteiger partial charge on any atom is 0.191 e. The molecule has 164 valence electrons. The van der Waals surface area contributed by atoms with Crippen LogP contribution in [-0.4, -0.2) is 75.2 Å². The van der Waals surface area contributed by atoms with Gasteiger partial charge in [0.2, 0.25) is 0 Å². The second-order valence-corrected chi connectivity index (χ2v) is 8.91. The first kappa shape index (κ1) is 23.7. The highest BCUT2D eigenvalue weighted by atomic mass is 15.2. The van der Waals surface area contributed by atoms with Gasteiger partial charge in [-0.1, -0.05) is 45.0 Å². The molecule has 0 bridgehead atoms. The van der Waals surface area contributed by atoms with Gasteiger partial charge in [0.1, 0.15) is 0 Å². The highest BCUT2D eigenvalue weighted by Gasteiger charge is 2.20. The lowest BCUT2D eigenvalue weighted by molar-refractivity contribution is 0.152. The Morgan fingerprint density at radius 2 is 1.69 bits per heavy atom. The van der Waals surface area contributed by atoms with Gasteiger partial charge in [-0.05, 0) is 50.9 Å². The monoisotopic (exact) mass is 401 g/mol. The van der Waals surface area contributed by atoms with Crippen LogP contribution in [0.5, 0.6) is 0 Å². The largest absolute Gasteiger partial charge is 0.357 e. The van der Waals surface area contributed by atoms with Crippen molar-refractivity contribution in [3.8, 4) is 0 Å². The van der Waals surface area contributed by atoms with Crippen LogP contribution in [0.15, 0.2) is 29.3 Å². The molecule has 1 heterocycles. The molecule has 5 nitrogen and oxygen atoms in total.